The Balaban J connectivity index is 1.77. The van der Waals surface area contributed by atoms with E-state index in [1.54, 1.807) is 5.57 Å². The van der Waals surface area contributed by atoms with Crippen molar-refractivity contribution < 1.29 is 0 Å². The third-order valence-corrected chi connectivity index (χ3v) is 9.17. The van der Waals surface area contributed by atoms with Crippen LogP contribution >= 0.6 is 0 Å². The van der Waals surface area contributed by atoms with Crippen molar-refractivity contribution in [2.75, 3.05) is 0 Å². The van der Waals surface area contributed by atoms with Crippen LogP contribution < -0.4 is 0 Å². The highest BCUT2D eigenvalue weighted by Crippen LogP contribution is 2.61. The SMILES string of the molecule is C/C1=C2\CC[C@@H](C)[C@H]2CC[C@H](C)C2=C1C[C@H]1[C@@H](C(C)C)CC[C@]1(C)C2. The lowest BCUT2D eigenvalue weighted by Gasteiger charge is -2.45. The van der Waals surface area contributed by atoms with Crippen LogP contribution in [0.2, 0.25) is 0 Å². The van der Waals surface area contributed by atoms with Gasteiger partial charge >= 0.3 is 0 Å². The fourth-order valence-electron chi connectivity index (χ4n) is 7.41. The summed E-state index contributed by atoms with van der Waals surface area (Å²) >= 11 is 0. The van der Waals surface area contributed by atoms with Gasteiger partial charge < -0.3 is 0 Å². The lowest BCUT2D eigenvalue weighted by molar-refractivity contribution is 0.146. The summed E-state index contributed by atoms with van der Waals surface area (Å²) in [6.07, 6.45) is 11.4. The van der Waals surface area contributed by atoms with Gasteiger partial charge in [-0.25, -0.2) is 0 Å². The van der Waals surface area contributed by atoms with E-state index in [0.717, 1.165) is 35.5 Å². The standard InChI is InChI=1S/C25H40/c1-15(2)19-11-12-25(6)14-23-17(4)7-9-20-16(3)8-10-21(20)18(5)22(23)13-24(19)25/h15-17,19-20,24H,7-14H2,1-6H3/b21-18-/t16-,17+,19-,20-,24+,25-/m1/s1. The van der Waals surface area contributed by atoms with Gasteiger partial charge in [0.05, 0.1) is 0 Å². The second-order valence-electron chi connectivity index (χ2n) is 10.8. The van der Waals surface area contributed by atoms with Crippen molar-refractivity contribution in [3.05, 3.63) is 22.3 Å². The number of allylic oxidation sites excluding steroid dienone is 4. The normalized spacial score (nSPS) is 47.4. The molecule has 4 rings (SSSR count). The Labute approximate surface area is 156 Å². The van der Waals surface area contributed by atoms with Gasteiger partial charge in [0.1, 0.15) is 0 Å². The molecule has 0 bridgehead atoms. The van der Waals surface area contributed by atoms with Gasteiger partial charge in [0.15, 0.2) is 0 Å². The Kier molecular flexibility index (Phi) is 4.49. The van der Waals surface area contributed by atoms with Crippen LogP contribution in [-0.2, 0) is 0 Å². The van der Waals surface area contributed by atoms with Gasteiger partial charge in [-0.2, -0.15) is 0 Å². The van der Waals surface area contributed by atoms with Gasteiger partial charge in [-0.15, -0.1) is 0 Å². The summed E-state index contributed by atoms with van der Waals surface area (Å²) in [6.45, 7) is 15.2. The maximum absolute atomic E-state index is 2.64. The Bertz CT molecular complexity index is 604. The van der Waals surface area contributed by atoms with E-state index in [1.807, 2.05) is 16.7 Å². The van der Waals surface area contributed by atoms with Gasteiger partial charge in [-0.3, -0.25) is 0 Å². The summed E-state index contributed by atoms with van der Waals surface area (Å²) in [4.78, 5) is 0. The average molecular weight is 341 g/mol. The molecule has 25 heavy (non-hydrogen) atoms. The summed E-state index contributed by atoms with van der Waals surface area (Å²) in [7, 11) is 0. The van der Waals surface area contributed by atoms with Crippen LogP contribution in [-0.4, -0.2) is 0 Å². The highest BCUT2D eigenvalue weighted by molar-refractivity contribution is 5.44. The molecule has 0 aromatic heterocycles. The van der Waals surface area contributed by atoms with Gasteiger partial charge in [0.2, 0.25) is 0 Å². The molecule has 0 N–H and O–H groups in total. The summed E-state index contributed by atoms with van der Waals surface area (Å²) in [6, 6.07) is 0. The summed E-state index contributed by atoms with van der Waals surface area (Å²) < 4.78 is 0. The van der Waals surface area contributed by atoms with Crippen LogP contribution in [0.4, 0.5) is 0 Å². The molecule has 0 heteroatoms. The molecule has 4 aliphatic rings. The number of hydrogen-bond acceptors (Lipinski definition) is 0. The van der Waals surface area contributed by atoms with Crippen LogP contribution in [0.15, 0.2) is 22.3 Å². The number of hydrogen-bond donors (Lipinski definition) is 0. The average Bonchev–Trinajstić information content (AvgIpc) is 3.09. The van der Waals surface area contributed by atoms with Crippen LogP contribution in [0.3, 0.4) is 0 Å². The van der Waals surface area contributed by atoms with Crippen molar-refractivity contribution >= 4 is 0 Å². The highest BCUT2D eigenvalue weighted by atomic mass is 14.5. The summed E-state index contributed by atoms with van der Waals surface area (Å²) in [5, 5.41) is 0. The first kappa shape index (κ1) is 17.9. The predicted octanol–water partition coefficient (Wildman–Crippen LogP) is 7.56. The van der Waals surface area contributed by atoms with E-state index in [4.69, 9.17) is 0 Å². The molecule has 0 heterocycles. The Morgan fingerprint density at radius 1 is 1.00 bits per heavy atom. The zero-order valence-electron chi connectivity index (χ0n) is 17.6. The van der Waals surface area contributed by atoms with Crippen LogP contribution in [0, 0.1) is 40.9 Å². The van der Waals surface area contributed by atoms with E-state index in [9.17, 15) is 0 Å². The Morgan fingerprint density at radius 2 is 1.76 bits per heavy atom. The van der Waals surface area contributed by atoms with E-state index < -0.39 is 0 Å². The molecule has 4 aliphatic carbocycles. The van der Waals surface area contributed by atoms with Crippen molar-refractivity contribution in [3.63, 3.8) is 0 Å². The van der Waals surface area contributed by atoms with Crippen LogP contribution in [0.25, 0.3) is 0 Å². The van der Waals surface area contributed by atoms with E-state index in [1.165, 1.54) is 51.4 Å². The van der Waals surface area contributed by atoms with Crippen LogP contribution in [0.1, 0.15) is 92.9 Å². The van der Waals surface area contributed by atoms with Crippen molar-refractivity contribution in [2.45, 2.75) is 92.9 Å². The molecule has 0 amide bonds. The zero-order chi connectivity index (χ0) is 17.9. The molecule has 2 fully saturated rings. The molecule has 0 aromatic rings. The second kappa shape index (κ2) is 6.28. The van der Waals surface area contributed by atoms with E-state index in [0.29, 0.717) is 5.41 Å². The molecule has 0 nitrogen and oxygen atoms in total. The zero-order valence-corrected chi connectivity index (χ0v) is 17.6. The molecule has 0 aromatic carbocycles. The Hall–Kier alpha value is -0.520. The van der Waals surface area contributed by atoms with Gasteiger partial charge in [0.25, 0.3) is 0 Å². The van der Waals surface area contributed by atoms with E-state index in [-0.39, 0.29) is 0 Å². The van der Waals surface area contributed by atoms with Gasteiger partial charge in [-0.05, 0) is 110 Å². The maximum atomic E-state index is 2.64. The third-order valence-electron chi connectivity index (χ3n) is 9.17. The van der Waals surface area contributed by atoms with Gasteiger partial charge in [0, 0.05) is 0 Å². The highest BCUT2D eigenvalue weighted by Gasteiger charge is 2.50. The van der Waals surface area contributed by atoms with Gasteiger partial charge in [-0.1, -0.05) is 45.8 Å². The summed E-state index contributed by atoms with van der Waals surface area (Å²) in [5.74, 6) is 5.38. The smallest absolute Gasteiger partial charge is 0.0171 e. The lowest BCUT2D eigenvalue weighted by Crippen LogP contribution is -2.34. The van der Waals surface area contributed by atoms with Crippen molar-refractivity contribution in [1.82, 2.24) is 0 Å². The third kappa shape index (κ3) is 2.78. The van der Waals surface area contributed by atoms with Crippen LogP contribution in [0.5, 0.6) is 0 Å². The quantitative estimate of drug-likeness (QED) is 0.462. The van der Waals surface area contributed by atoms with E-state index >= 15 is 0 Å². The minimum Gasteiger partial charge on any atom is -0.0636 e. The second-order valence-corrected chi connectivity index (χ2v) is 10.8. The summed E-state index contributed by atoms with van der Waals surface area (Å²) in [5.41, 5.74) is 7.94. The number of rotatable bonds is 1. The molecular weight excluding hydrogens is 300 g/mol. The largest absolute Gasteiger partial charge is 0.0636 e. The molecule has 2 saturated carbocycles. The minimum absolute atomic E-state index is 0.592. The van der Waals surface area contributed by atoms with E-state index in [2.05, 4.69) is 41.5 Å². The predicted molar refractivity (Wildman–Crippen MR) is 108 cm³/mol. The first-order valence-corrected chi connectivity index (χ1v) is 11.2. The van der Waals surface area contributed by atoms with Crippen molar-refractivity contribution in [3.8, 4) is 0 Å². The topological polar surface area (TPSA) is 0 Å². The monoisotopic (exact) mass is 340 g/mol. The maximum Gasteiger partial charge on any atom is -0.0171 e. The van der Waals surface area contributed by atoms with Crippen molar-refractivity contribution in [1.29, 1.82) is 0 Å². The fraction of sp³-hybridized carbons (Fsp3) is 0.840. The molecule has 6 atom stereocenters. The van der Waals surface area contributed by atoms with Crippen molar-refractivity contribution in [2.24, 2.45) is 40.9 Å². The number of fused-ring (bicyclic) bond motifs is 2. The first-order valence-electron chi connectivity index (χ1n) is 11.2. The molecule has 0 radical (unpaired) electrons. The molecule has 0 aliphatic heterocycles. The molecular formula is C25H40. The molecule has 0 unspecified atom stereocenters. The molecule has 0 saturated heterocycles. The Morgan fingerprint density at radius 3 is 2.48 bits per heavy atom. The molecule has 140 valence electrons. The lowest BCUT2D eigenvalue weighted by atomic mass is 9.60. The first-order chi connectivity index (χ1) is 11.8. The fourth-order valence-corrected chi connectivity index (χ4v) is 7.41. The molecule has 0 spiro atoms. The minimum atomic E-state index is 0.592.